The van der Waals surface area contributed by atoms with Crippen molar-refractivity contribution in [3.8, 4) is 0 Å². The number of hydrogen-bond acceptors (Lipinski definition) is 6. The molecule has 0 aromatic heterocycles. The molecule has 0 aliphatic rings. The van der Waals surface area contributed by atoms with E-state index in [1.807, 2.05) is 0 Å². The van der Waals surface area contributed by atoms with Crippen molar-refractivity contribution in [2.24, 2.45) is 0 Å². The average Bonchev–Trinajstić information content (AvgIpc) is 2.32. The number of carbonyl (C=O) groups is 3. The van der Waals surface area contributed by atoms with Crippen LogP contribution in [0.5, 0.6) is 0 Å². The molecule has 0 aliphatic heterocycles. The van der Waals surface area contributed by atoms with Crippen LogP contribution >= 0.6 is 0 Å². The molecule has 92 valence electrons. The third-order valence-electron chi connectivity index (χ3n) is 1.79. The van der Waals surface area contributed by atoms with Crippen molar-refractivity contribution in [3.63, 3.8) is 0 Å². The first-order valence-corrected chi connectivity index (χ1v) is 4.51. The summed E-state index contributed by atoms with van der Waals surface area (Å²) < 4.78 is 13.3. The molecule has 1 amide bonds. The molecule has 0 saturated heterocycles. The molecule has 0 bridgehead atoms. The third-order valence-corrected chi connectivity index (χ3v) is 1.79. The Morgan fingerprint density at radius 1 is 0.938 bits per heavy atom. The minimum atomic E-state index is -0.700. The van der Waals surface area contributed by atoms with Crippen LogP contribution in [0.1, 0.15) is 6.42 Å². The minimum Gasteiger partial charge on any atom is -0.469 e. The van der Waals surface area contributed by atoms with E-state index in [-0.39, 0.29) is 19.5 Å². The number of hydrogen-bond donors (Lipinski definition) is 0. The van der Waals surface area contributed by atoms with Crippen molar-refractivity contribution in [3.05, 3.63) is 0 Å². The van der Waals surface area contributed by atoms with Gasteiger partial charge in [0.25, 0.3) is 0 Å². The van der Waals surface area contributed by atoms with Gasteiger partial charge in [-0.05, 0) is 0 Å². The summed E-state index contributed by atoms with van der Waals surface area (Å²) in [4.78, 5) is 34.1. The molecule has 7 heteroatoms. The standard InChI is InChI=1S/C9H15NO6/c1-14-7(11)4-5-10(9(13)16-3)6-8(12)15-2/h4-6H2,1-3H3. The quantitative estimate of drug-likeness (QED) is 0.482. The molecule has 0 aliphatic carbocycles. The molecule has 0 atom stereocenters. The van der Waals surface area contributed by atoms with Crippen molar-refractivity contribution in [1.82, 2.24) is 4.90 Å². The van der Waals surface area contributed by atoms with Crippen LogP contribution in [0.4, 0.5) is 4.79 Å². The van der Waals surface area contributed by atoms with Gasteiger partial charge in [-0.1, -0.05) is 0 Å². The predicted octanol–water partition coefficient (Wildman–Crippen LogP) is -0.209. The number of carbonyl (C=O) groups excluding carboxylic acids is 3. The molecule has 7 nitrogen and oxygen atoms in total. The molecule has 0 aromatic rings. The lowest BCUT2D eigenvalue weighted by Gasteiger charge is -2.18. The number of ether oxygens (including phenoxy) is 3. The zero-order valence-electron chi connectivity index (χ0n) is 9.52. The molecule has 0 saturated carbocycles. The minimum absolute atomic E-state index is 0.0113. The van der Waals surface area contributed by atoms with E-state index in [0.717, 1.165) is 4.90 Å². The second-order valence-corrected chi connectivity index (χ2v) is 2.79. The lowest BCUT2D eigenvalue weighted by molar-refractivity contribution is -0.144. The van der Waals surface area contributed by atoms with Crippen LogP contribution in [0.2, 0.25) is 0 Å². The van der Waals surface area contributed by atoms with Gasteiger partial charge in [0.1, 0.15) is 6.54 Å². The summed E-state index contributed by atoms with van der Waals surface area (Å²) in [7, 11) is 3.63. The molecule has 0 rings (SSSR count). The van der Waals surface area contributed by atoms with Crippen molar-refractivity contribution >= 4 is 18.0 Å². The largest absolute Gasteiger partial charge is 0.469 e. The van der Waals surface area contributed by atoms with Crippen LogP contribution in [0.15, 0.2) is 0 Å². The van der Waals surface area contributed by atoms with Crippen LogP contribution < -0.4 is 0 Å². The number of methoxy groups -OCH3 is 3. The smallest absolute Gasteiger partial charge is 0.410 e. The maximum absolute atomic E-state index is 11.2. The second-order valence-electron chi connectivity index (χ2n) is 2.79. The van der Waals surface area contributed by atoms with Gasteiger partial charge >= 0.3 is 18.0 Å². The van der Waals surface area contributed by atoms with Gasteiger partial charge in [-0.15, -0.1) is 0 Å². The highest BCUT2D eigenvalue weighted by molar-refractivity contribution is 5.78. The lowest BCUT2D eigenvalue weighted by Crippen LogP contribution is -2.37. The Kier molecular flexibility index (Phi) is 6.66. The fourth-order valence-electron chi connectivity index (χ4n) is 0.913. The Morgan fingerprint density at radius 2 is 1.50 bits per heavy atom. The van der Waals surface area contributed by atoms with Crippen LogP contribution in [0, 0.1) is 0 Å². The van der Waals surface area contributed by atoms with E-state index >= 15 is 0 Å². The Balaban J connectivity index is 4.26. The average molecular weight is 233 g/mol. The Labute approximate surface area is 93.2 Å². The van der Waals surface area contributed by atoms with Gasteiger partial charge in [-0.2, -0.15) is 0 Å². The fourth-order valence-corrected chi connectivity index (χ4v) is 0.913. The SMILES string of the molecule is COC(=O)CCN(CC(=O)OC)C(=O)OC. The van der Waals surface area contributed by atoms with E-state index in [4.69, 9.17) is 0 Å². The molecule has 0 N–H and O–H groups in total. The first-order chi connectivity index (χ1) is 7.54. The Hall–Kier alpha value is -1.79. The monoisotopic (exact) mass is 233 g/mol. The van der Waals surface area contributed by atoms with Crippen LogP contribution in [0.3, 0.4) is 0 Å². The summed E-state index contributed by atoms with van der Waals surface area (Å²) in [6, 6.07) is 0. The molecule has 0 heterocycles. The number of amides is 1. The molecular formula is C9H15NO6. The molecule has 16 heavy (non-hydrogen) atoms. The predicted molar refractivity (Wildman–Crippen MR) is 52.6 cm³/mol. The maximum atomic E-state index is 11.2. The summed E-state index contributed by atoms with van der Waals surface area (Å²) in [5.41, 5.74) is 0. The van der Waals surface area contributed by atoms with Gasteiger partial charge < -0.3 is 14.2 Å². The van der Waals surface area contributed by atoms with E-state index in [1.165, 1.54) is 21.3 Å². The van der Waals surface area contributed by atoms with E-state index < -0.39 is 18.0 Å². The number of nitrogens with zero attached hydrogens (tertiary/aromatic N) is 1. The van der Waals surface area contributed by atoms with E-state index in [2.05, 4.69) is 14.2 Å². The molecule has 0 unspecified atom stereocenters. The third kappa shape index (κ3) is 5.18. The van der Waals surface area contributed by atoms with Gasteiger partial charge in [-0.3, -0.25) is 14.5 Å². The van der Waals surface area contributed by atoms with E-state index in [9.17, 15) is 14.4 Å². The summed E-state index contributed by atoms with van der Waals surface area (Å²) in [6.45, 7) is -0.228. The van der Waals surface area contributed by atoms with Gasteiger partial charge in [0.2, 0.25) is 0 Å². The van der Waals surface area contributed by atoms with Crippen molar-refractivity contribution in [1.29, 1.82) is 0 Å². The van der Waals surface area contributed by atoms with Gasteiger partial charge in [-0.25, -0.2) is 4.79 Å². The summed E-state index contributed by atoms with van der Waals surface area (Å²) in [5, 5.41) is 0. The summed E-state index contributed by atoms with van der Waals surface area (Å²) in [5.74, 6) is -1.06. The highest BCUT2D eigenvalue weighted by Crippen LogP contribution is 1.97. The van der Waals surface area contributed by atoms with E-state index in [0.29, 0.717) is 0 Å². The highest BCUT2D eigenvalue weighted by atomic mass is 16.5. The van der Waals surface area contributed by atoms with E-state index in [1.54, 1.807) is 0 Å². The maximum Gasteiger partial charge on any atom is 0.410 e. The van der Waals surface area contributed by atoms with Crippen molar-refractivity contribution < 1.29 is 28.6 Å². The van der Waals surface area contributed by atoms with Crippen LogP contribution in [-0.4, -0.2) is 57.4 Å². The first kappa shape index (κ1) is 14.2. The zero-order valence-corrected chi connectivity index (χ0v) is 9.52. The second kappa shape index (κ2) is 7.49. The molecular weight excluding hydrogens is 218 g/mol. The first-order valence-electron chi connectivity index (χ1n) is 4.51. The van der Waals surface area contributed by atoms with Gasteiger partial charge in [0.05, 0.1) is 27.8 Å². The van der Waals surface area contributed by atoms with Crippen molar-refractivity contribution in [2.45, 2.75) is 6.42 Å². The number of esters is 2. The lowest BCUT2D eigenvalue weighted by atomic mass is 10.4. The van der Waals surface area contributed by atoms with Crippen molar-refractivity contribution in [2.75, 3.05) is 34.4 Å². The highest BCUT2D eigenvalue weighted by Gasteiger charge is 2.19. The van der Waals surface area contributed by atoms with Crippen LogP contribution in [-0.2, 0) is 23.8 Å². The molecule has 0 spiro atoms. The summed E-state index contributed by atoms with van der Waals surface area (Å²) >= 11 is 0. The normalized spacial score (nSPS) is 9.19. The van der Waals surface area contributed by atoms with Gasteiger partial charge in [0.15, 0.2) is 0 Å². The number of rotatable bonds is 5. The van der Waals surface area contributed by atoms with Gasteiger partial charge in [0, 0.05) is 6.54 Å². The molecule has 0 aromatic carbocycles. The Bertz CT molecular complexity index is 265. The fraction of sp³-hybridized carbons (Fsp3) is 0.667. The topological polar surface area (TPSA) is 82.1 Å². The van der Waals surface area contributed by atoms with Crippen LogP contribution in [0.25, 0.3) is 0 Å². The summed E-state index contributed by atoms with van der Waals surface area (Å²) in [6.07, 6.45) is -0.711. The zero-order chi connectivity index (χ0) is 12.6. The molecule has 0 fully saturated rings. The molecule has 0 radical (unpaired) electrons. The Morgan fingerprint density at radius 3 is 1.94 bits per heavy atom.